The summed E-state index contributed by atoms with van der Waals surface area (Å²) in [7, 11) is 0. The Kier molecular flexibility index (Phi) is 5.28. The Morgan fingerprint density at radius 2 is 2.05 bits per heavy atom. The van der Waals surface area contributed by atoms with Crippen LogP contribution in [-0.4, -0.2) is 40.8 Å². The summed E-state index contributed by atoms with van der Waals surface area (Å²) in [5.41, 5.74) is 5.47. The Labute approximate surface area is 112 Å². The molecule has 1 rings (SSSR count). The van der Waals surface area contributed by atoms with Crippen molar-refractivity contribution < 1.29 is 23.2 Å². The van der Waals surface area contributed by atoms with E-state index in [4.69, 9.17) is 10.8 Å². The number of aliphatic hydroxyl groups is 1. The van der Waals surface area contributed by atoms with Crippen molar-refractivity contribution in [2.75, 3.05) is 25.4 Å². The summed E-state index contributed by atoms with van der Waals surface area (Å²) in [6.45, 7) is -1.86. The van der Waals surface area contributed by atoms with Crippen LogP contribution in [0.2, 0.25) is 0 Å². The van der Waals surface area contributed by atoms with Crippen molar-refractivity contribution in [2.24, 2.45) is 0 Å². The topological polar surface area (TPSA) is 92.6 Å². The third-order valence-corrected chi connectivity index (χ3v) is 2.51. The Bertz CT molecular complexity index is 480. The molecule has 0 unspecified atom stereocenters. The predicted molar refractivity (Wildman–Crippen MR) is 65.9 cm³/mol. The monoisotopic (exact) mass is 293 g/mol. The van der Waals surface area contributed by atoms with E-state index in [9.17, 15) is 23.3 Å². The van der Waals surface area contributed by atoms with Crippen molar-refractivity contribution in [1.82, 2.24) is 4.90 Å². The number of aliphatic hydroxyl groups excluding tert-OH is 1. The fraction of sp³-hybridized carbons (Fsp3) is 0.455. The first kappa shape index (κ1) is 16.2. The van der Waals surface area contributed by atoms with Gasteiger partial charge in [-0.15, -0.1) is 0 Å². The zero-order chi connectivity index (χ0) is 15.3. The summed E-state index contributed by atoms with van der Waals surface area (Å²) in [4.78, 5) is 10.9. The number of hydrogen-bond acceptors (Lipinski definition) is 5. The van der Waals surface area contributed by atoms with Gasteiger partial charge in [0, 0.05) is 19.2 Å². The van der Waals surface area contributed by atoms with E-state index in [2.05, 4.69) is 0 Å². The standard InChI is InChI=1S/C11H14F3N3O3/c12-11(13,14)7-16(3-4-18)6-8-1-2-10(17(19)20)9(15)5-8/h1-2,5,18H,3-4,6-7,15H2. The molecule has 112 valence electrons. The van der Waals surface area contributed by atoms with E-state index in [1.54, 1.807) is 0 Å². The van der Waals surface area contributed by atoms with Crippen LogP contribution in [-0.2, 0) is 6.54 Å². The molecule has 0 aliphatic rings. The summed E-state index contributed by atoms with van der Waals surface area (Å²) in [6, 6.07) is 3.75. The summed E-state index contributed by atoms with van der Waals surface area (Å²) in [5.74, 6) is 0. The van der Waals surface area contributed by atoms with E-state index in [-0.39, 0.29) is 24.5 Å². The first-order valence-electron chi connectivity index (χ1n) is 5.65. The number of rotatable bonds is 6. The number of nitro benzene ring substituents is 1. The number of hydrogen-bond donors (Lipinski definition) is 2. The normalized spacial score (nSPS) is 11.8. The van der Waals surface area contributed by atoms with Gasteiger partial charge < -0.3 is 10.8 Å². The minimum absolute atomic E-state index is 0.108. The Morgan fingerprint density at radius 1 is 1.40 bits per heavy atom. The lowest BCUT2D eigenvalue weighted by molar-refractivity contribution is -0.383. The van der Waals surface area contributed by atoms with Crippen LogP contribution in [0.4, 0.5) is 24.5 Å². The molecule has 1 aromatic rings. The highest BCUT2D eigenvalue weighted by Gasteiger charge is 2.30. The molecule has 0 heterocycles. The third-order valence-electron chi connectivity index (χ3n) is 2.51. The highest BCUT2D eigenvalue weighted by molar-refractivity contribution is 5.59. The minimum atomic E-state index is -4.39. The minimum Gasteiger partial charge on any atom is -0.395 e. The number of nitrogens with two attached hydrogens (primary N) is 1. The van der Waals surface area contributed by atoms with E-state index >= 15 is 0 Å². The van der Waals surface area contributed by atoms with E-state index < -0.39 is 24.3 Å². The molecule has 0 atom stereocenters. The average molecular weight is 293 g/mol. The van der Waals surface area contributed by atoms with Gasteiger partial charge in [0.25, 0.3) is 5.69 Å². The van der Waals surface area contributed by atoms with Crippen molar-refractivity contribution in [3.8, 4) is 0 Å². The molecule has 20 heavy (non-hydrogen) atoms. The summed E-state index contributed by atoms with van der Waals surface area (Å²) in [5, 5.41) is 19.3. The van der Waals surface area contributed by atoms with Crippen LogP contribution in [0.3, 0.4) is 0 Å². The maximum absolute atomic E-state index is 12.3. The molecule has 0 fully saturated rings. The van der Waals surface area contributed by atoms with Gasteiger partial charge in [-0.05, 0) is 11.6 Å². The number of anilines is 1. The van der Waals surface area contributed by atoms with Gasteiger partial charge in [-0.3, -0.25) is 15.0 Å². The van der Waals surface area contributed by atoms with Gasteiger partial charge >= 0.3 is 6.18 Å². The fourth-order valence-electron chi connectivity index (χ4n) is 1.74. The average Bonchev–Trinajstić information content (AvgIpc) is 2.26. The van der Waals surface area contributed by atoms with Gasteiger partial charge in [0.2, 0.25) is 0 Å². The molecule has 6 nitrogen and oxygen atoms in total. The Balaban J connectivity index is 2.83. The number of nitrogen functional groups attached to an aromatic ring is 1. The first-order valence-corrected chi connectivity index (χ1v) is 5.65. The maximum Gasteiger partial charge on any atom is 0.401 e. The largest absolute Gasteiger partial charge is 0.401 e. The Hall–Kier alpha value is -1.87. The van der Waals surface area contributed by atoms with Crippen molar-refractivity contribution in [1.29, 1.82) is 0 Å². The van der Waals surface area contributed by atoms with Gasteiger partial charge in [0.05, 0.1) is 18.1 Å². The molecular formula is C11H14F3N3O3. The quantitative estimate of drug-likeness (QED) is 0.471. The molecule has 9 heteroatoms. The second-order valence-electron chi connectivity index (χ2n) is 4.20. The van der Waals surface area contributed by atoms with E-state index in [0.29, 0.717) is 5.56 Å². The second-order valence-corrected chi connectivity index (χ2v) is 4.20. The molecule has 1 aromatic carbocycles. The summed E-state index contributed by atoms with van der Waals surface area (Å²) >= 11 is 0. The molecule has 0 bridgehead atoms. The molecule has 0 amide bonds. The number of halogens is 3. The maximum atomic E-state index is 12.3. The fourth-order valence-corrected chi connectivity index (χ4v) is 1.74. The molecule has 3 N–H and O–H groups in total. The van der Waals surface area contributed by atoms with Crippen molar-refractivity contribution in [3.63, 3.8) is 0 Å². The molecule has 0 aliphatic heterocycles. The van der Waals surface area contributed by atoms with E-state index in [1.165, 1.54) is 12.1 Å². The molecule has 0 spiro atoms. The van der Waals surface area contributed by atoms with Gasteiger partial charge in [0.15, 0.2) is 0 Å². The highest BCUT2D eigenvalue weighted by Crippen LogP contribution is 2.24. The molecule has 0 radical (unpaired) electrons. The number of benzene rings is 1. The number of nitro groups is 1. The van der Waals surface area contributed by atoms with Gasteiger partial charge in [0.1, 0.15) is 5.69 Å². The van der Waals surface area contributed by atoms with Crippen LogP contribution in [0.25, 0.3) is 0 Å². The van der Waals surface area contributed by atoms with Crippen LogP contribution >= 0.6 is 0 Å². The van der Waals surface area contributed by atoms with Crippen molar-refractivity contribution in [3.05, 3.63) is 33.9 Å². The SMILES string of the molecule is Nc1cc(CN(CCO)CC(F)(F)F)ccc1[N+](=O)[O-]. The molecule has 0 aromatic heterocycles. The lowest BCUT2D eigenvalue weighted by Gasteiger charge is -2.22. The molecular weight excluding hydrogens is 279 g/mol. The van der Waals surface area contributed by atoms with Gasteiger partial charge in [-0.25, -0.2) is 0 Å². The van der Waals surface area contributed by atoms with Crippen LogP contribution < -0.4 is 5.73 Å². The smallest absolute Gasteiger partial charge is 0.395 e. The number of alkyl halides is 3. The highest BCUT2D eigenvalue weighted by atomic mass is 19.4. The summed E-state index contributed by atoms with van der Waals surface area (Å²) in [6.07, 6.45) is -4.39. The molecule has 0 aliphatic carbocycles. The lowest BCUT2D eigenvalue weighted by Crippen LogP contribution is -2.35. The number of nitrogens with zero attached hydrogens (tertiary/aromatic N) is 2. The Morgan fingerprint density at radius 3 is 2.50 bits per heavy atom. The zero-order valence-electron chi connectivity index (χ0n) is 10.4. The van der Waals surface area contributed by atoms with Crippen LogP contribution in [0.15, 0.2) is 18.2 Å². The molecule has 0 saturated carbocycles. The van der Waals surface area contributed by atoms with Crippen LogP contribution in [0.5, 0.6) is 0 Å². The van der Waals surface area contributed by atoms with E-state index in [1.807, 2.05) is 0 Å². The zero-order valence-corrected chi connectivity index (χ0v) is 10.4. The van der Waals surface area contributed by atoms with Crippen molar-refractivity contribution in [2.45, 2.75) is 12.7 Å². The van der Waals surface area contributed by atoms with E-state index in [0.717, 1.165) is 11.0 Å². The predicted octanol–water partition coefficient (Wildman–Crippen LogP) is 1.53. The third kappa shape index (κ3) is 5.02. The van der Waals surface area contributed by atoms with Crippen LogP contribution in [0, 0.1) is 10.1 Å². The first-order chi connectivity index (χ1) is 9.23. The second kappa shape index (κ2) is 6.53. The van der Waals surface area contributed by atoms with Crippen molar-refractivity contribution >= 4 is 11.4 Å². The molecule has 0 saturated heterocycles. The lowest BCUT2D eigenvalue weighted by atomic mass is 10.1. The summed E-state index contributed by atoms with van der Waals surface area (Å²) < 4.78 is 37.0. The van der Waals surface area contributed by atoms with Gasteiger partial charge in [-0.1, -0.05) is 6.07 Å². The van der Waals surface area contributed by atoms with Gasteiger partial charge in [-0.2, -0.15) is 13.2 Å². The van der Waals surface area contributed by atoms with Crippen LogP contribution in [0.1, 0.15) is 5.56 Å².